The first-order valence-electron chi connectivity index (χ1n) is 4.90. The van der Waals surface area contributed by atoms with Gasteiger partial charge in [-0.3, -0.25) is 9.59 Å². The summed E-state index contributed by atoms with van der Waals surface area (Å²) in [5.41, 5.74) is -0.205. The molecule has 1 rings (SSSR count). The van der Waals surface area contributed by atoms with Gasteiger partial charge in [-0.15, -0.1) is 0 Å². The lowest BCUT2D eigenvalue weighted by Crippen LogP contribution is -2.35. The lowest BCUT2D eigenvalue weighted by molar-refractivity contribution is -0.123. The second kappa shape index (κ2) is 4.30. The van der Waals surface area contributed by atoms with Gasteiger partial charge in [0.05, 0.1) is 6.07 Å². The predicted octanol–water partition coefficient (Wildman–Crippen LogP) is -0.0706. The van der Waals surface area contributed by atoms with Crippen LogP contribution in [0, 0.1) is 17.2 Å². The number of hydrogen-bond donors (Lipinski definition) is 2. The van der Waals surface area contributed by atoms with Crippen molar-refractivity contribution >= 4 is 12.3 Å². The lowest BCUT2D eigenvalue weighted by Gasteiger charge is -2.16. The molecule has 0 aromatic heterocycles. The summed E-state index contributed by atoms with van der Waals surface area (Å²) in [5.74, 6) is -0.218. The Morgan fingerprint density at radius 2 is 2.47 bits per heavy atom. The zero-order valence-electron chi connectivity index (χ0n) is 8.91. The summed E-state index contributed by atoms with van der Waals surface area (Å²) in [5, 5.41) is 14.0. The molecule has 2 atom stereocenters. The first-order valence-corrected chi connectivity index (χ1v) is 4.90. The molecule has 2 N–H and O–H groups in total. The van der Waals surface area contributed by atoms with Gasteiger partial charge in [0, 0.05) is 11.5 Å². The number of nitrogens with zero attached hydrogens (tertiary/aromatic N) is 1. The quantitative estimate of drug-likeness (QED) is 0.636. The van der Waals surface area contributed by atoms with Crippen molar-refractivity contribution in [2.45, 2.75) is 38.3 Å². The van der Waals surface area contributed by atoms with Gasteiger partial charge in [0.1, 0.15) is 6.04 Å². The highest BCUT2D eigenvalue weighted by molar-refractivity contribution is 5.82. The monoisotopic (exact) mass is 209 g/mol. The molecule has 1 saturated heterocycles. The Bertz CT molecular complexity index is 306. The second-order valence-corrected chi connectivity index (χ2v) is 4.48. The molecule has 5 heteroatoms. The van der Waals surface area contributed by atoms with Crippen LogP contribution < -0.4 is 10.6 Å². The third-order valence-corrected chi connectivity index (χ3v) is 2.53. The van der Waals surface area contributed by atoms with Crippen LogP contribution in [0.5, 0.6) is 0 Å². The molecule has 0 aliphatic carbocycles. The van der Waals surface area contributed by atoms with Crippen LogP contribution in [-0.4, -0.2) is 23.9 Å². The highest BCUT2D eigenvalue weighted by atomic mass is 16.2. The molecule has 0 bridgehead atoms. The van der Waals surface area contributed by atoms with Crippen molar-refractivity contribution in [1.29, 1.82) is 5.26 Å². The molecule has 5 nitrogen and oxygen atoms in total. The molecule has 15 heavy (non-hydrogen) atoms. The van der Waals surface area contributed by atoms with E-state index in [1.54, 1.807) is 0 Å². The zero-order valence-corrected chi connectivity index (χ0v) is 8.91. The lowest BCUT2D eigenvalue weighted by atomic mass is 9.92. The third kappa shape index (κ3) is 2.94. The Morgan fingerprint density at radius 1 is 1.80 bits per heavy atom. The molecule has 1 heterocycles. The maximum Gasteiger partial charge on any atom is 0.223 e. The molecule has 0 aromatic rings. The van der Waals surface area contributed by atoms with Gasteiger partial charge in [0.15, 0.2) is 0 Å². The van der Waals surface area contributed by atoms with Gasteiger partial charge in [-0.25, -0.2) is 0 Å². The molecule has 1 unspecified atom stereocenters. The minimum atomic E-state index is -0.577. The van der Waals surface area contributed by atoms with Crippen LogP contribution in [0.15, 0.2) is 0 Å². The third-order valence-electron chi connectivity index (χ3n) is 2.53. The van der Waals surface area contributed by atoms with Crippen molar-refractivity contribution < 1.29 is 9.59 Å². The van der Waals surface area contributed by atoms with Crippen LogP contribution in [0.25, 0.3) is 0 Å². The summed E-state index contributed by atoms with van der Waals surface area (Å²) in [6, 6.07) is 1.38. The van der Waals surface area contributed by atoms with Crippen LogP contribution in [0.1, 0.15) is 26.7 Å². The van der Waals surface area contributed by atoms with Crippen LogP contribution in [-0.2, 0) is 9.59 Å². The molecule has 0 aromatic carbocycles. The van der Waals surface area contributed by atoms with Crippen molar-refractivity contribution in [3.63, 3.8) is 0 Å². The standard InChI is InChI=1S/C10H15N3O2/c1-10(2)4-7(9(15)13-10)3-8(5-11)12-6-14/h6-8H,3-4H2,1-2H3,(H,12,14)(H,13,15)/t7?,8-/m0/s1. The molecule has 2 amide bonds. The van der Waals surface area contributed by atoms with Crippen molar-refractivity contribution in [3.8, 4) is 6.07 Å². The van der Waals surface area contributed by atoms with Crippen LogP contribution in [0.2, 0.25) is 0 Å². The van der Waals surface area contributed by atoms with Gasteiger partial charge in [-0.2, -0.15) is 5.26 Å². The van der Waals surface area contributed by atoms with Gasteiger partial charge in [0.2, 0.25) is 12.3 Å². The van der Waals surface area contributed by atoms with E-state index in [9.17, 15) is 9.59 Å². The number of amides is 2. The zero-order chi connectivity index (χ0) is 11.5. The summed E-state index contributed by atoms with van der Waals surface area (Å²) < 4.78 is 0. The summed E-state index contributed by atoms with van der Waals surface area (Å²) in [4.78, 5) is 21.7. The minimum Gasteiger partial charge on any atom is -0.351 e. The minimum absolute atomic E-state index is 0.0343. The van der Waals surface area contributed by atoms with E-state index in [-0.39, 0.29) is 17.4 Å². The fraction of sp³-hybridized carbons (Fsp3) is 0.700. The molecule has 1 aliphatic rings. The average Bonchev–Trinajstić information content (AvgIpc) is 2.39. The molecule has 0 spiro atoms. The van der Waals surface area contributed by atoms with Gasteiger partial charge >= 0.3 is 0 Å². The summed E-state index contributed by atoms with van der Waals surface area (Å²) >= 11 is 0. The first kappa shape index (κ1) is 11.5. The number of rotatable bonds is 4. The molecule has 1 fully saturated rings. The van der Waals surface area contributed by atoms with Gasteiger partial charge in [0.25, 0.3) is 0 Å². The van der Waals surface area contributed by atoms with E-state index in [4.69, 9.17) is 5.26 Å². The smallest absolute Gasteiger partial charge is 0.223 e. The molecular weight excluding hydrogens is 194 g/mol. The number of nitriles is 1. The van der Waals surface area contributed by atoms with Gasteiger partial charge < -0.3 is 10.6 Å². The Kier molecular flexibility index (Phi) is 3.30. The van der Waals surface area contributed by atoms with Crippen LogP contribution in [0.3, 0.4) is 0 Å². The fourth-order valence-electron chi connectivity index (χ4n) is 1.91. The van der Waals surface area contributed by atoms with E-state index in [1.807, 2.05) is 19.9 Å². The maximum absolute atomic E-state index is 11.5. The fourth-order valence-corrected chi connectivity index (χ4v) is 1.91. The Morgan fingerprint density at radius 3 is 2.87 bits per heavy atom. The second-order valence-electron chi connectivity index (χ2n) is 4.48. The van der Waals surface area contributed by atoms with E-state index >= 15 is 0 Å². The van der Waals surface area contributed by atoms with E-state index in [1.165, 1.54) is 0 Å². The van der Waals surface area contributed by atoms with Crippen LogP contribution in [0.4, 0.5) is 0 Å². The summed E-state index contributed by atoms with van der Waals surface area (Å²) in [7, 11) is 0. The van der Waals surface area contributed by atoms with E-state index in [0.717, 1.165) is 0 Å². The number of nitrogens with one attached hydrogen (secondary N) is 2. The summed E-state index contributed by atoms with van der Waals surface area (Å²) in [6.45, 7) is 3.89. The number of carbonyl (C=O) groups excluding carboxylic acids is 2. The highest BCUT2D eigenvalue weighted by Gasteiger charge is 2.38. The Balaban J connectivity index is 2.56. The average molecular weight is 209 g/mol. The van der Waals surface area contributed by atoms with E-state index < -0.39 is 6.04 Å². The summed E-state index contributed by atoms with van der Waals surface area (Å²) in [6.07, 6.45) is 1.57. The van der Waals surface area contributed by atoms with Gasteiger partial charge in [-0.1, -0.05) is 0 Å². The van der Waals surface area contributed by atoms with Crippen molar-refractivity contribution in [2.75, 3.05) is 0 Å². The molecule has 0 saturated carbocycles. The Hall–Kier alpha value is -1.57. The van der Waals surface area contributed by atoms with Crippen molar-refractivity contribution in [1.82, 2.24) is 10.6 Å². The largest absolute Gasteiger partial charge is 0.351 e. The first-order chi connectivity index (χ1) is 6.98. The predicted molar refractivity (Wildman–Crippen MR) is 53.5 cm³/mol. The van der Waals surface area contributed by atoms with E-state index in [0.29, 0.717) is 19.3 Å². The topological polar surface area (TPSA) is 82.0 Å². The SMILES string of the molecule is CC1(C)CC(C[C@@H](C#N)NC=O)C(=O)N1. The number of carbonyl (C=O) groups is 2. The van der Waals surface area contributed by atoms with Crippen molar-refractivity contribution in [2.24, 2.45) is 5.92 Å². The van der Waals surface area contributed by atoms with Crippen LogP contribution >= 0.6 is 0 Å². The molecule has 0 radical (unpaired) electrons. The molecule has 1 aliphatic heterocycles. The highest BCUT2D eigenvalue weighted by Crippen LogP contribution is 2.27. The van der Waals surface area contributed by atoms with Gasteiger partial charge in [-0.05, 0) is 26.7 Å². The normalized spacial score (nSPS) is 25.1. The Labute approximate surface area is 88.8 Å². The number of hydrogen-bond acceptors (Lipinski definition) is 3. The molecular formula is C10H15N3O2. The van der Waals surface area contributed by atoms with E-state index in [2.05, 4.69) is 10.6 Å². The molecule has 82 valence electrons. The maximum atomic E-state index is 11.5. The van der Waals surface area contributed by atoms with Crippen molar-refractivity contribution in [3.05, 3.63) is 0 Å².